The van der Waals surface area contributed by atoms with Crippen LogP contribution in [0, 0.1) is 0 Å². The Balaban J connectivity index is 2.15. The molecule has 0 spiro atoms. The van der Waals surface area contributed by atoms with Crippen LogP contribution in [0.25, 0.3) is 10.9 Å². The normalized spacial score (nSPS) is 10.9. The fourth-order valence-corrected chi connectivity index (χ4v) is 2.31. The molecule has 0 amide bonds. The maximum absolute atomic E-state index is 5.99. The third-order valence-electron chi connectivity index (χ3n) is 2.89. The summed E-state index contributed by atoms with van der Waals surface area (Å²) in [5.41, 5.74) is 2.06. The van der Waals surface area contributed by atoms with Crippen LogP contribution in [0.2, 0.25) is 5.02 Å². The molecule has 0 fully saturated rings. The smallest absolute Gasteiger partial charge is 0.0737 e. The Morgan fingerprint density at radius 1 is 1.32 bits per heavy atom. The number of nitrogens with zero attached hydrogens (tertiary/aromatic N) is 2. The first-order valence-corrected chi connectivity index (χ1v) is 7.61. The van der Waals surface area contributed by atoms with Gasteiger partial charge in [-0.15, -0.1) is 0 Å². The molecule has 1 heterocycles. The number of fused-ring (bicyclic) bond motifs is 1. The molecule has 1 aromatic carbocycles. The molecule has 0 atom stereocenters. The fourth-order valence-electron chi connectivity index (χ4n) is 1.92. The van der Waals surface area contributed by atoms with Gasteiger partial charge >= 0.3 is 0 Å². The van der Waals surface area contributed by atoms with Crippen molar-refractivity contribution in [3.05, 3.63) is 35.5 Å². The van der Waals surface area contributed by atoms with Crippen LogP contribution in [0.5, 0.6) is 0 Å². The van der Waals surface area contributed by atoms with Gasteiger partial charge in [-0.05, 0) is 24.3 Å². The van der Waals surface area contributed by atoms with Gasteiger partial charge in [0.05, 0.1) is 18.7 Å². The highest BCUT2D eigenvalue weighted by molar-refractivity contribution is 9.09. The summed E-state index contributed by atoms with van der Waals surface area (Å²) in [6, 6.07) is 7.80. The summed E-state index contributed by atoms with van der Waals surface area (Å²) in [6.07, 6.45) is 1.81. The lowest BCUT2D eigenvalue weighted by atomic mass is 10.2. The Bertz CT molecular complexity index is 550. The molecule has 0 saturated heterocycles. The van der Waals surface area contributed by atoms with Crippen LogP contribution >= 0.6 is 27.5 Å². The quantitative estimate of drug-likeness (QED) is 0.590. The maximum Gasteiger partial charge on any atom is 0.0737 e. The molecule has 1 aromatic heterocycles. The van der Waals surface area contributed by atoms with E-state index in [1.165, 1.54) is 0 Å². The molecule has 0 aliphatic rings. The number of ether oxygens (including phenoxy) is 1. The molecule has 19 heavy (non-hydrogen) atoms. The van der Waals surface area contributed by atoms with Gasteiger partial charge in [0.15, 0.2) is 0 Å². The van der Waals surface area contributed by atoms with E-state index in [2.05, 4.69) is 32.9 Å². The van der Waals surface area contributed by atoms with Crippen molar-refractivity contribution in [3.8, 4) is 0 Å². The Kier molecular flexibility index (Phi) is 5.43. The summed E-state index contributed by atoms with van der Waals surface area (Å²) >= 11 is 9.33. The second kappa shape index (κ2) is 7.08. The van der Waals surface area contributed by atoms with E-state index in [9.17, 15) is 0 Å². The van der Waals surface area contributed by atoms with Gasteiger partial charge in [0, 0.05) is 41.2 Å². The van der Waals surface area contributed by atoms with E-state index in [0.29, 0.717) is 11.6 Å². The van der Waals surface area contributed by atoms with Crippen molar-refractivity contribution in [2.45, 2.75) is 0 Å². The molecular formula is C14H16BrClN2O. The summed E-state index contributed by atoms with van der Waals surface area (Å²) in [6.45, 7) is 2.29. The van der Waals surface area contributed by atoms with Crippen LogP contribution < -0.4 is 4.90 Å². The Morgan fingerprint density at radius 2 is 2.16 bits per heavy atom. The minimum absolute atomic E-state index is 0.708. The van der Waals surface area contributed by atoms with Crippen LogP contribution in [0.15, 0.2) is 30.5 Å². The average molecular weight is 344 g/mol. The van der Waals surface area contributed by atoms with Gasteiger partial charge in [-0.3, -0.25) is 4.98 Å². The number of hydrogen-bond donors (Lipinski definition) is 0. The second-order valence-corrected chi connectivity index (χ2v) is 5.44. The van der Waals surface area contributed by atoms with Crippen LogP contribution in [0.1, 0.15) is 0 Å². The van der Waals surface area contributed by atoms with Crippen molar-refractivity contribution < 1.29 is 4.74 Å². The lowest BCUT2D eigenvalue weighted by Crippen LogP contribution is -2.23. The first kappa shape index (κ1) is 14.6. The van der Waals surface area contributed by atoms with E-state index >= 15 is 0 Å². The molecule has 2 aromatic rings. The van der Waals surface area contributed by atoms with E-state index in [-0.39, 0.29) is 0 Å². The predicted octanol–water partition coefficient (Wildman–Crippen LogP) is 3.74. The SMILES string of the molecule is CN(CCOCCBr)c1ccnc2cc(Cl)ccc12. The van der Waals surface area contributed by atoms with E-state index in [1.807, 2.05) is 30.5 Å². The van der Waals surface area contributed by atoms with E-state index in [4.69, 9.17) is 16.3 Å². The lowest BCUT2D eigenvalue weighted by molar-refractivity contribution is 0.158. The number of benzene rings is 1. The molecule has 0 bridgehead atoms. The number of pyridine rings is 1. The van der Waals surface area contributed by atoms with Crippen LogP contribution in [0.4, 0.5) is 5.69 Å². The van der Waals surface area contributed by atoms with Gasteiger partial charge in [0.1, 0.15) is 0 Å². The first-order valence-electron chi connectivity index (χ1n) is 6.11. The highest BCUT2D eigenvalue weighted by Gasteiger charge is 2.07. The Hall–Kier alpha value is -0.840. The topological polar surface area (TPSA) is 25.4 Å². The summed E-state index contributed by atoms with van der Waals surface area (Å²) < 4.78 is 5.48. The highest BCUT2D eigenvalue weighted by Crippen LogP contribution is 2.26. The molecule has 0 aliphatic heterocycles. The minimum atomic E-state index is 0.708. The third-order valence-corrected chi connectivity index (χ3v) is 3.44. The van der Waals surface area contributed by atoms with Crippen LogP contribution in [0.3, 0.4) is 0 Å². The molecule has 0 saturated carbocycles. The van der Waals surface area contributed by atoms with Crippen molar-refractivity contribution in [3.63, 3.8) is 0 Å². The van der Waals surface area contributed by atoms with Crippen molar-refractivity contribution in [2.24, 2.45) is 0 Å². The lowest BCUT2D eigenvalue weighted by Gasteiger charge is -2.20. The molecule has 102 valence electrons. The molecule has 5 heteroatoms. The monoisotopic (exact) mass is 342 g/mol. The average Bonchev–Trinajstić information content (AvgIpc) is 2.42. The number of halogens is 2. The van der Waals surface area contributed by atoms with Crippen molar-refractivity contribution >= 4 is 44.1 Å². The summed E-state index contributed by atoms with van der Waals surface area (Å²) in [5, 5.41) is 2.68. The molecule has 3 nitrogen and oxygen atoms in total. The molecule has 0 aliphatic carbocycles. The van der Waals surface area contributed by atoms with Crippen molar-refractivity contribution in [1.82, 2.24) is 4.98 Å². The third kappa shape index (κ3) is 3.81. The van der Waals surface area contributed by atoms with Crippen LogP contribution in [-0.4, -0.2) is 37.1 Å². The summed E-state index contributed by atoms with van der Waals surface area (Å²) in [7, 11) is 2.06. The maximum atomic E-state index is 5.99. The number of hydrogen-bond acceptors (Lipinski definition) is 3. The van der Waals surface area contributed by atoms with Gasteiger partial charge in [-0.2, -0.15) is 0 Å². The van der Waals surface area contributed by atoms with Gasteiger partial charge in [-0.25, -0.2) is 0 Å². The van der Waals surface area contributed by atoms with E-state index < -0.39 is 0 Å². The molecular weight excluding hydrogens is 328 g/mol. The van der Waals surface area contributed by atoms with Crippen molar-refractivity contribution in [1.29, 1.82) is 0 Å². The minimum Gasteiger partial charge on any atom is -0.379 e. The molecule has 0 N–H and O–H groups in total. The van der Waals surface area contributed by atoms with E-state index in [0.717, 1.165) is 35.1 Å². The van der Waals surface area contributed by atoms with Gasteiger partial charge in [0.2, 0.25) is 0 Å². The van der Waals surface area contributed by atoms with Gasteiger partial charge in [0.25, 0.3) is 0 Å². The highest BCUT2D eigenvalue weighted by atomic mass is 79.9. The molecule has 0 radical (unpaired) electrons. The zero-order valence-corrected chi connectivity index (χ0v) is 13.1. The summed E-state index contributed by atoms with van der Waals surface area (Å²) in [5.74, 6) is 0. The van der Waals surface area contributed by atoms with Crippen molar-refractivity contribution in [2.75, 3.05) is 37.0 Å². The standard InChI is InChI=1S/C14H16BrClN2O/c1-18(7-9-19-8-5-15)14-4-6-17-13-10-11(16)2-3-12(13)14/h2-4,6,10H,5,7-9H2,1H3. The van der Waals surface area contributed by atoms with E-state index in [1.54, 1.807) is 0 Å². The Morgan fingerprint density at radius 3 is 2.95 bits per heavy atom. The number of rotatable bonds is 6. The number of aromatic nitrogens is 1. The second-order valence-electron chi connectivity index (χ2n) is 4.21. The zero-order valence-electron chi connectivity index (χ0n) is 10.8. The molecule has 0 unspecified atom stereocenters. The fraction of sp³-hybridized carbons (Fsp3) is 0.357. The van der Waals surface area contributed by atoms with Gasteiger partial charge in [-0.1, -0.05) is 27.5 Å². The molecule has 2 rings (SSSR count). The largest absolute Gasteiger partial charge is 0.379 e. The number of anilines is 1. The number of alkyl halides is 1. The Labute approximate surface area is 126 Å². The first-order chi connectivity index (χ1) is 9.22. The van der Waals surface area contributed by atoms with Crippen LogP contribution in [-0.2, 0) is 4.74 Å². The number of likely N-dealkylation sites (N-methyl/N-ethyl adjacent to an activating group) is 1. The summed E-state index contributed by atoms with van der Waals surface area (Å²) in [4.78, 5) is 6.52. The zero-order chi connectivity index (χ0) is 13.7. The van der Waals surface area contributed by atoms with Gasteiger partial charge < -0.3 is 9.64 Å². The predicted molar refractivity (Wildman–Crippen MR) is 84.6 cm³/mol.